The van der Waals surface area contributed by atoms with Crippen molar-refractivity contribution in [2.45, 2.75) is 13.8 Å². The molecule has 0 atom stereocenters. The van der Waals surface area contributed by atoms with Crippen molar-refractivity contribution in [2.24, 2.45) is 0 Å². The third-order valence-electron chi connectivity index (χ3n) is 1.33. The zero-order valence-electron chi connectivity index (χ0n) is 6.74. The van der Waals surface area contributed by atoms with Crippen LogP contribution in [0.4, 0.5) is 0 Å². The fourth-order valence-corrected chi connectivity index (χ4v) is 1.45. The number of aromatic nitrogens is 1. The molecule has 0 saturated carbocycles. The zero-order chi connectivity index (χ0) is 8.10. The molecule has 2 heteroatoms. The molecule has 0 aliphatic heterocycles. The van der Waals surface area contributed by atoms with E-state index in [-0.39, 0.29) is 0 Å². The van der Waals surface area contributed by atoms with Crippen LogP contribution in [0.2, 0.25) is 0 Å². The molecule has 1 nitrogen and oxygen atoms in total. The average Bonchev–Trinajstić information content (AvgIpc) is 2.47. The Labute approximate surface area is 70.4 Å². The highest BCUT2D eigenvalue weighted by Gasteiger charge is 1.82. The van der Waals surface area contributed by atoms with Crippen molar-refractivity contribution in [3.8, 4) is 0 Å². The summed E-state index contributed by atoms with van der Waals surface area (Å²) < 4.78 is 1.24. The third-order valence-corrected chi connectivity index (χ3v) is 2.24. The summed E-state index contributed by atoms with van der Waals surface area (Å²) >= 11 is 1.67. The van der Waals surface area contributed by atoms with E-state index in [1.807, 2.05) is 37.6 Å². The lowest BCUT2D eigenvalue weighted by atomic mass is 10.4. The molecule has 1 aromatic rings. The lowest BCUT2D eigenvalue weighted by Crippen LogP contribution is -2.19. The van der Waals surface area contributed by atoms with Crippen LogP contribution in [-0.2, 0) is 0 Å². The van der Waals surface area contributed by atoms with E-state index in [4.69, 9.17) is 0 Å². The van der Waals surface area contributed by atoms with E-state index in [1.165, 1.54) is 4.53 Å². The Kier molecular flexibility index (Phi) is 3.05. The first-order valence-corrected chi connectivity index (χ1v) is 4.45. The molecule has 0 fully saturated rings. The van der Waals surface area contributed by atoms with Gasteiger partial charge in [0.1, 0.15) is 0 Å². The molecule has 0 unspecified atom stereocenters. The monoisotopic (exact) mass is 165 g/mol. The molecule has 0 radical (unpaired) electrons. The quantitative estimate of drug-likeness (QED) is 0.611. The molecule has 1 heterocycles. The summed E-state index contributed by atoms with van der Waals surface area (Å²) in [5.74, 6) is 0. The molecule has 0 N–H and O–H groups in total. The van der Waals surface area contributed by atoms with Gasteiger partial charge in [-0.25, -0.2) is 4.98 Å². The van der Waals surface area contributed by atoms with Gasteiger partial charge in [0.15, 0.2) is 0 Å². The predicted octanol–water partition coefficient (Wildman–Crippen LogP) is 1.30. The van der Waals surface area contributed by atoms with Gasteiger partial charge >= 0.3 is 0 Å². The Bertz CT molecular complexity index is 346. The highest BCUT2D eigenvalue weighted by molar-refractivity contribution is 7.07. The number of nitrogens with zero attached hydrogens (tertiary/aromatic N) is 1. The molecular weight excluding hydrogens is 154 g/mol. The van der Waals surface area contributed by atoms with E-state index in [0.29, 0.717) is 0 Å². The van der Waals surface area contributed by atoms with Crippen molar-refractivity contribution in [2.75, 3.05) is 0 Å². The summed E-state index contributed by atoms with van der Waals surface area (Å²) in [7, 11) is 0. The van der Waals surface area contributed by atoms with Crippen LogP contribution in [0.3, 0.4) is 0 Å². The number of thiazole rings is 1. The second-order valence-electron chi connectivity index (χ2n) is 2.08. The molecule has 0 aliphatic rings. The maximum absolute atomic E-state index is 4.20. The van der Waals surface area contributed by atoms with Crippen LogP contribution >= 0.6 is 11.3 Å². The van der Waals surface area contributed by atoms with Gasteiger partial charge in [-0.05, 0) is 19.9 Å². The van der Waals surface area contributed by atoms with Gasteiger partial charge < -0.3 is 0 Å². The SMILES string of the molecule is C\C=C/C=c1/ncs/c1=C/C. The Morgan fingerprint density at radius 1 is 1.45 bits per heavy atom. The lowest BCUT2D eigenvalue weighted by Gasteiger charge is -1.72. The van der Waals surface area contributed by atoms with Crippen molar-refractivity contribution < 1.29 is 0 Å². The lowest BCUT2D eigenvalue weighted by molar-refractivity contribution is 1.32. The summed E-state index contributed by atoms with van der Waals surface area (Å²) in [6.07, 6.45) is 8.10. The Morgan fingerprint density at radius 2 is 2.27 bits per heavy atom. The van der Waals surface area contributed by atoms with Gasteiger partial charge in [0.05, 0.1) is 15.4 Å². The Hall–Kier alpha value is -0.890. The average molecular weight is 165 g/mol. The molecule has 0 aliphatic carbocycles. The number of hydrogen-bond acceptors (Lipinski definition) is 2. The van der Waals surface area contributed by atoms with Crippen LogP contribution in [0.5, 0.6) is 0 Å². The molecule has 0 spiro atoms. The van der Waals surface area contributed by atoms with E-state index in [0.717, 1.165) is 5.35 Å². The summed E-state index contributed by atoms with van der Waals surface area (Å²) in [6.45, 7) is 4.03. The van der Waals surface area contributed by atoms with Gasteiger partial charge in [-0.1, -0.05) is 18.2 Å². The summed E-state index contributed by atoms with van der Waals surface area (Å²) in [4.78, 5) is 4.20. The summed E-state index contributed by atoms with van der Waals surface area (Å²) in [5, 5.41) is 1.07. The first-order valence-electron chi connectivity index (χ1n) is 3.57. The summed E-state index contributed by atoms with van der Waals surface area (Å²) in [5.41, 5.74) is 1.87. The molecule has 0 amide bonds. The fraction of sp³-hybridized carbons (Fsp3) is 0.222. The minimum absolute atomic E-state index is 1.07. The molecule has 11 heavy (non-hydrogen) atoms. The second-order valence-corrected chi connectivity index (χ2v) is 2.97. The van der Waals surface area contributed by atoms with Crippen molar-refractivity contribution in [1.29, 1.82) is 0 Å². The zero-order valence-corrected chi connectivity index (χ0v) is 7.56. The van der Waals surface area contributed by atoms with Crippen LogP contribution in [0.1, 0.15) is 13.8 Å². The summed E-state index contributed by atoms with van der Waals surface area (Å²) in [6, 6.07) is 0. The number of hydrogen-bond donors (Lipinski definition) is 0. The molecule has 0 aromatic carbocycles. The largest absolute Gasteiger partial charge is 0.245 e. The van der Waals surface area contributed by atoms with Gasteiger partial charge in [-0.2, -0.15) is 0 Å². The topological polar surface area (TPSA) is 12.9 Å². The number of allylic oxidation sites excluding steroid dienone is 2. The van der Waals surface area contributed by atoms with Crippen LogP contribution < -0.4 is 9.88 Å². The molecule has 1 aromatic heterocycles. The minimum atomic E-state index is 1.07. The van der Waals surface area contributed by atoms with Gasteiger partial charge in [-0.3, -0.25) is 0 Å². The van der Waals surface area contributed by atoms with E-state index in [9.17, 15) is 0 Å². The van der Waals surface area contributed by atoms with Gasteiger partial charge in [0.2, 0.25) is 0 Å². The Balaban J connectivity index is 3.23. The third kappa shape index (κ3) is 2.02. The van der Waals surface area contributed by atoms with E-state index in [2.05, 4.69) is 11.1 Å². The van der Waals surface area contributed by atoms with Crippen molar-refractivity contribution in [3.63, 3.8) is 0 Å². The molecule has 1 rings (SSSR count). The van der Waals surface area contributed by atoms with Gasteiger partial charge in [0, 0.05) is 0 Å². The van der Waals surface area contributed by atoms with Crippen LogP contribution in [0.25, 0.3) is 12.2 Å². The second kappa shape index (κ2) is 4.09. The Morgan fingerprint density at radius 3 is 2.91 bits per heavy atom. The van der Waals surface area contributed by atoms with E-state index < -0.39 is 0 Å². The standard InChI is InChI=1S/C9H11NS/c1-3-5-6-8-9(4-2)11-7-10-8/h3-7H,1-2H3/b5-3-,8-6+,9-4+. The van der Waals surface area contributed by atoms with Gasteiger partial charge in [-0.15, -0.1) is 11.3 Å². The molecule has 0 saturated heterocycles. The van der Waals surface area contributed by atoms with E-state index in [1.54, 1.807) is 11.3 Å². The van der Waals surface area contributed by atoms with Crippen LogP contribution in [0.15, 0.2) is 17.7 Å². The highest BCUT2D eigenvalue weighted by Crippen LogP contribution is 1.77. The van der Waals surface area contributed by atoms with Crippen LogP contribution in [0, 0.1) is 0 Å². The first-order chi connectivity index (χ1) is 5.38. The normalized spacial score (nSPS) is 15.1. The minimum Gasteiger partial charge on any atom is -0.245 e. The predicted molar refractivity (Wildman–Crippen MR) is 50.8 cm³/mol. The van der Waals surface area contributed by atoms with Crippen molar-refractivity contribution in [1.82, 2.24) is 4.98 Å². The fourth-order valence-electron chi connectivity index (χ4n) is 0.792. The number of rotatable bonds is 1. The first kappa shape index (κ1) is 8.21. The maximum atomic E-state index is 4.20. The maximum Gasteiger partial charge on any atom is 0.0808 e. The molecule has 0 bridgehead atoms. The van der Waals surface area contributed by atoms with E-state index >= 15 is 0 Å². The van der Waals surface area contributed by atoms with Gasteiger partial charge in [0.25, 0.3) is 0 Å². The molecular formula is C9H11NS. The van der Waals surface area contributed by atoms with Crippen molar-refractivity contribution >= 4 is 23.5 Å². The smallest absolute Gasteiger partial charge is 0.0808 e. The van der Waals surface area contributed by atoms with Crippen LogP contribution in [-0.4, -0.2) is 4.98 Å². The molecule has 58 valence electrons. The highest BCUT2D eigenvalue weighted by atomic mass is 32.1. The van der Waals surface area contributed by atoms with Crippen molar-refractivity contribution in [3.05, 3.63) is 27.5 Å².